The van der Waals surface area contributed by atoms with Gasteiger partial charge >= 0.3 is 5.97 Å². The van der Waals surface area contributed by atoms with Crippen LogP contribution in [-0.2, 0) is 9.59 Å². The second-order valence-corrected chi connectivity index (χ2v) is 0.854. The summed E-state index contributed by atoms with van der Waals surface area (Å²) in [6, 6.07) is 0. The molecule has 5 heteroatoms. The van der Waals surface area contributed by atoms with E-state index in [4.69, 9.17) is 20.4 Å². The van der Waals surface area contributed by atoms with Gasteiger partial charge in [-0.3, -0.25) is 0 Å². The molecule has 9 heavy (non-hydrogen) atoms. The number of isocyanates is 1. The highest BCUT2D eigenvalue weighted by Gasteiger charge is 1.94. The Balaban J connectivity index is 0. The quantitative estimate of drug-likeness (QED) is 0.202. The number of hydrogen-bond donors (Lipinski definition) is 3. The molecule has 0 saturated carbocycles. The van der Waals surface area contributed by atoms with Gasteiger partial charge in [-0.15, -0.1) is 0 Å². The van der Waals surface area contributed by atoms with E-state index in [0.29, 0.717) is 0 Å². The number of aliphatic carboxylic acids is 1. The van der Waals surface area contributed by atoms with Crippen molar-refractivity contribution in [2.45, 2.75) is 0 Å². The van der Waals surface area contributed by atoms with E-state index in [1.54, 1.807) is 0 Å². The Morgan fingerprint density at radius 1 is 1.56 bits per heavy atom. The molecule has 0 atom stereocenters. The summed E-state index contributed by atoms with van der Waals surface area (Å²) in [5.41, 5.74) is 0. The second kappa shape index (κ2) is 6.39. The maximum atomic E-state index is 9.35. The Hall–Kier alpha value is -1.61. The Kier molecular flexibility index (Phi) is 7.37. The first-order valence-electron chi connectivity index (χ1n) is 1.71. The Morgan fingerprint density at radius 3 is 1.67 bits per heavy atom. The van der Waals surface area contributed by atoms with Crippen LogP contribution in [0.1, 0.15) is 0 Å². The smallest absolute Gasteiger partial charge is 0.370 e. The summed E-state index contributed by atoms with van der Waals surface area (Å²) in [6.45, 7) is 2.71. The molecule has 0 aliphatic rings. The van der Waals surface area contributed by atoms with E-state index < -0.39 is 11.7 Å². The molecule has 0 unspecified atom stereocenters. The molecule has 3 N–H and O–H groups in total. The molecular formula is C4H5NO4. The number of carboxylic acid groups (broad SMARTS) is 1. The Labute approximate surface area is 50.7 Å². The summed E-state index contributed by atoms with van der Waals surface area (Å²) in [5.74, 6) is -2.20. The van der Waals surface area contributed by atoms with Crippen LogP contribution in [0.5, 0.6) is 0 Å². The van der Waals surface area contributed by atoms with Crippen molar-refractivity contribution >= 4 is 12.0 Å². The van der Waals surface area contributed by atoms with E-state index in [1.165, 1.54) is 0 Å². The molecule has 0 aromatic heterocycles. The van der Waals surface area contributed by atoms with Crippen molar-refractivity contribution in [3.05, 3.63) is 12.3 Å². The molecule has 0 radical (unpaired) electrons. The lowest BCUT2D eigenvalue weighted by Crippen LogP contribution is -1.95. The van der Waals surface area contributed by atoms with Crippen LogP contribution in [-0.4, -0.2) is 22.3 Å². The van der Waals surface area contributed by atoms with E-state index in [0.717, 1.165) is 6.08 Å². The first-order valence-corrected chi connectivity index (χ1v) is 1.71. The molecule has 0 aliphatic heterocycles. The lowest BCUT2D eigenvalue weighted by Gasteiger charge is -1.79. The van der Waals surface area contributed by atoms with E-state index in [2.05, 4.69) is 6.58 Å². The lowest BCUT2D eigenvalue weighted by atomic mass is 10.6. The number of aliphatic hydroxyl groups is 1. The van der Waals surface area contributed by atoms with Gasteiger partial charge in [-0.25, -0.2) is 15.0 Å². The van der Waals surface area contributed by atoms with Gasteiger partial charge in [-0.05, 0) is 6.58 Å². The maximum Gasteiger partial charge on any atom is 0.370 e. The van der Waals surface area contributed by atoms with Gasteiger partial charge in [0.15, 0.2) is 5.76 Å². The SMILES string of the molecule is C=C(O)C(=O)O.N=C=O. The summed E-state index contributed by atoms with van der Waals surface area (Å²) >= 11 is 0. The summed E-state index contributed by atoms with van der Waals surface area (Å²) < 4.78 is 0. The van der Waals surface area contributed by atoms with E-state index in [1.807, 2.05) is 0 Å². The fraction of sp³-hybridized carbons (Fsp3) is 0. The van der Waals surface area contributed by atoms with Crippen LogP contribution in [0, 0.1) is 5.41 Å². The highest BCUT2D eigenvalue weighted by molar-refractivity contribution is 5.82. The highest BCUT2D eigenvalue weighted by Crippen LogP contribution is 1.75. The Bertz CT molecular complexity index is 133. The zero-order valence-corrected chi connectivity index (χ0v) is 4.42. The van der Waals surface area contributed by atoms with Crippen LogP contribution in [0.2, 0.25) is 0 Å². The Morgan fingerprint density at radius 2 is 1.67 bits per heavy atom. The van der Waals surface area contributed by atoms with Crippen molar-refractivity contribution in [1.29, 1.82) is 5.41 Å². The van der Waals surface area contributed by atoms with Crippen molar-refractivity contribution in [2.24, 2.45) is 0 Å². The minimum atomic E-state index is -1.38. The fourth-order valence-electron chi connectivity index (χ4n) is 0. The number of carbonyl (C=O) groups excluding carboxylic acids is 1. The third kappa shape index (κ3) is 21.6. The van der Waals surface area contributed by atoms with Crippen molar-refractivity contribution < 1.29 is 19.8 Å². The van der Waals surface area contributed by atoms with Gasteiger partial charge in [0.2, 0.25) is 6.08 Å². The van der Waals surface area contributed by atoms with Crippen LogP contribution in [0.25, 0.3) is 0 Å². The standard InChI is InChI=1S/C3H4O3.CHNO/c1-2(4)3(5)6;2-1-3/h4H,1H2,(H,5,6);2H. The fourth-order valence-corrected chi connectivity index (χ4v) is 0. The van der Waals surface area contributed by atoms with Gasteiger partial charge in [0, 0.05) is 0 Å². The summed E-state index contributed by atoms with van der Waals surface area (Å²) in [7, 11) is 0. The van der Waals surface area contributed by atoms with Crippen LogP contribution in [0.15, 0.2) is 12.3 Å². The average Bonchev–Trinajstić information content (AvgIpc) is 1.68. The monoisotopic (exact) mass is 131 g/mol. The predicted molar refractivity (Wildman–Crippen MR) is 27.8 cm³/mol. The van der Waals surface area contributed by atoms with E-state index in [9.17, 15) is 4.79 Å². The molecule has 5 nitrogen and oxygen atoms in total. The van der Waals surface area contributed by atoms with E-state index >= 15 is 0 Å². The van der Waals surface area contributed by atoms with Crippen LogP contribution < -0.4 is 0 Å². The zero-order valence-electron chi connectivity index (χ0n) is 4.42. The van der Waals surface area contributed by atoms with Gasteiger partial charge in [0.25, 0.3) is 0 Å². The van der Waals surface area contributed by atoms with Crippen molar-refractivity contribution in [3.8, 4) is 0 Å². The van der Waals surface area contributed by atoms with Crippen LogP contribution >= 0.6 is 0 Å². The number of nitrogens with one attached hydrogen (secondary N) is 1. The first kappa shape index (κ1) is 10.4. The summed E-state index contributed by atoms with van der Waals surface area (Å²) in [5, 5.41) is 20.9. The van der Waals surface area contributed by atoms with Gasteiger partial charge in [0.05, 0.1) is 0 Å². The molecule has 0 bridgehead atoms. The lowest BCUT2D eigenvalue weighted by molar-refractivity contribution is -0.135. The largest absolute Gasteiger partial charge is 0.502 e. The predicted octanol–water partition coefficient (Wildman–Crippen LogP) is 0.0437. The molecule has 50 valence electrons. The highest BCUT2D eigenvalue weighted by atomic mass is 16.4. The second-order valence-electron chi connectivity index (χ2n) is 0.854. The summed E-state index contributed by atoms with van der Waals surface area (Å²) in [6.07, 6.45) is 0.750. The molecule has 0 amide bonds. The molecule has 0 saturated heterocycles. The summed E-state index contributed by atoms with van der Waals surface area (Å²) in [4.78, 5) is 17.7. The van der Waals surface area contributed by atoms with E-state index in [-0.39, 0.29) is 0 Å². The molecular weight excluding hydrogens is 126 g/mol. The maximum absolute atomic E-state index is 9.35. The number of aliphatic hydroxyl groups excluding tert-OH is 1. The molecule has 0 aromatic rings. The number of carboxylic acids is 1. The number of rotatable bonds is 1. The van der Waals surface area contributed by atoms with Crippen molar-refractivity contribution in [1.82, 2.24) is 0 Å². The van der Waals surface area contributed by atoms with Crippen molar-refractivity contribution in [2.75, 3.05) is 0 Å². The average molecular weight is 131 g/mol. The third-order valence-corrected chi connectivity index (χ3v) is 0.247. The molecule has 0 fully saturated rings. The number of hydrogen-bond acceptors (Lipinski definition) is 4. The van der Waals surface area contributed by atoms with Crippen molar-refractivity contribution in [3.63, 3.8) is 0 Å². The minimum Gasteiger partial charge on any atom is -0.502 e. The van der Waals surface area contributed by atoms with Gasteiger partial charge in [0.1, 0.15) is 0 Å². The first-order chi connectivity index (χ1) is 4.06. The van der Waals surface area contributed by atoms with Crippen LogP contribution in [0.3, 0.4) is 0 Å². The molecule has 0 heterocycles. The normalized spacial score (nSPS) is 5.78. The van der Waals surface area contributed by atoms with Crippen LogP contribution in [0.4, 0.5) is 0 Å². The number of carbonyl (C=O) groups is 1. The third-order valence-electron chi connectivity index (χ3n) is 0.247. The van der Waals surface area contributed by atoms with Gasteiger partial charge in [-0.1, -0.05) is 0 Å². The molecule has 0 spiro atoms. The van der Waals surface area contributed by atoms with Gasteiger partial charge < -0.3 is 10.2 Å². The minimum absolute atomic E-state index is 0.750. The zero-order chi connectivity index (χ0) is 7.86. The molecule has 0 rings (SSSR count). The molecule has 0 aromatic carbocycles. The van der Waals surface area contributed by atoms with Gasteiger partial charge in [-0.2, -0.15) is 0 Å². The molecule has 0 aliphatic carbocycles. The topological polar surface area (TPSA) is 98.4 Å².